The molecule has 198 valence electrons. The van der Waals surface area contributed by atoms with Gasteiger partial charge in [-0.2, -0.15) is 0 Å². The predicted octanol–water partition coefficient (Wildman–Crippen LogP) is 4.15. The van der Waals surface area contributed by atoms with Gasteiger partial charge in [-0.3, -0.25) is 14.5 Å². The van der Waals surface area contributed by atoms with Crippen molar-refractivity contribution >= 4 is 17.5 Å². The number of carbonyl (C=O) groups is 2. The molecular formula is C31H35N3O4. The summed E-state index contributed by atoms with van der Waals surface area (Å²) in [5.74, 6) is 0.242. The van der Waals surface area contributed by atoms with Gasteiger partial charge in [-0.1, -0.05) is 36.4 Å². The van der Waals surface area contributed by atoms with Crippen molar-refractivity contribution in [1.82, 2.24) is 10.2 Å². The van der Waals surface area contributed by atoms with Gasteiger partial charge in [0.05, 0.1) is 18.4 Å². The van der Waals surface area contributed by atoms with E-state index in [9.17, 15) is 14.7 Å². The Bertz CT molecular complexity index is 1250. The Kier molecular flexibility index (Phi) is 8.24. The number of nitrogens with one attached hydrogen (secondary N) is 2. The summed E-state index contributed by atoms with van der Waals surface area (Å²) in [6.45, 7) is 2.51. The van der Waals surface area contributed by atoms with E-state index in [0.717, 1.165) is 36.3 Å². The van der Waals surface area contributed by atoms with Crippen LogP contribution in [0.15, 0.2) is 72.8 Å². The molecule has 0 aromatic heterocycles. The zero-order valence-electron chi connectivity index (χ0n) is 21.6. The third-order valence-corrected chi connectivity index (χ3v) is 7.39. The van der Waals surface area contributed by atoms with E-state index in [1.54, 1.807) is 12.1 Å². The van der Waals surface area contributed by atoms with Crippen molar-refractivity contribution in [3.63, 3.8) is 0 Å². The summed E-state index contributed by atoms with van der Waals surface area (Å²) < 4.78 is 5.70. The number of hydrogen-bond donors (Lipinski definition) is 3. The van der Waals surface area contributed by atoms with E-state index in [2.05, 4.69) is 27.7 Å². The fourth-order valence-corrected chi connectivity index (χ4v) is 5.46. The molecule has 0 bridgehead atoms. The first-order valence-electron chi connectivity index (χ1n) is 13.4. The van der Waals surface area contributed by atoms with Crippen LogP contribution in [0.1, 0.15) is 29.5 Å². The first kappa shape index (κ1) is 25.8. The van der Waals surface area contributed by atoms with Crippen LogP contribution in [0.3, 0.4) is 0 Å². The van der Waals surface area contributed by atoms with E-state index >= 15 is 0 Å². The predicted molar refractivity (Wildman–Crippen MR) is 147 cm³/mol. The minimum absolute atomic E-state index is 0.0523. The molecule has 1 heterocycles. The molecule has 2 aliphatic rings. The number of piperidine rings is 1. The lowest BCUT2D eigenvalue weighted by Crippen LogP contribution is -2.49. The van der Waals surface area contributed by atoms with Crippen LogP contribution in [0.25, 0.3) is 0 Å². The molecule has 1 aliphatic carbocycles. The average molecular weight is 514 g/mol. The van der Waals surface area contributed by atoms with Crippen LogP contribution in [0.2, 0.25) is 0 Å². The van der Waals surface area contributed by atoms with Gasteiger partial charge in [0.2, 0.25) is 11.8 Å². The average Bonchev–Trinajstić information content (AvgIpc) is 3.41. The number of para-hydroxylation sites is 1. The van der Waals surface area contributed by atoms with Crippen LogP contribution < -0.4 is 15.4 Å². The highest BCUT2D eigenvalue weighted by Crippen LogP contribution is 2.28. The number of amides is 2. The van der Waals surface area contributed by atoms with E-state index in [4.69, 9.17) is 4.74 Å². The van der Waals surface area contributed by atoms with Gasteiger partial charge in [0.15, 0.2) is 0 Å². The van der Waals surface area contributed by atoms with Crippen LogP contribution in [-0.2, 0) is 29.0 Å². The van der Waals surface area contributed by atoms with Crippen molar-refractivity contribution in [3.8, 4) is 11.5 Å². The van der Waals surface area contributed by atoms with Crippen LogP contribution in [0, 0.1) is 11.8 Å². The minimum Gasteiger partial charge on any atom is -0.508 e. The lowest BCUT2D eigenvalue weighted by atomic mass is 9.87. The molecule has 3 N–H and O–H groups in total. The van der Waals surface area contributed by atoms with Crippen molar-refractivity contribution in [3.05, 3.63) is 89.5 Å². The van der Waals surface area contributed by atoms with Gasteiger partial charge < -0.3 is 20.5 Å². The lowest BCUT2D eigenvalue weighted by molar-refractivity contribution is -0.130. The number of phenolic OH excluding ortho intramolecular Hbond substituents is 1. The zero-order chi connectivity index (χ0) is 26.3. The smallest absolute Gasteiger partial charge is 0.228 e. The molecule has 7 heteroatoms. The summed E-state index contributed by atoms with van der Waals surface area (Å²) in [6.07, 6.45) is 3.81. The number of nitrogens with zero attached hydrogens (tertiary/aromatic N) is 1. The Morgan fingerprint density at radius 3 is 2.42 bits per heavy atom. The molecule has 0 unspecified atom stereocenters. The van der Waals surface area contributed by atoms with Crippen molar-refractivity contribution in [1.29, 1.82) is 0 Å². The summed E-state index contributed by atoms with van der Waals surface area (Å²) in [5, 5.41) is 15.7. The zero-order valence-corrected chi connectivity index (χ0v) is 21.6. The van der Waals surface area contributed by atoms with Gasteiger partial charge in [0.1, 0.15) is 18.1 Å². The summed E-state index contributed by atoms with van der Waals surface area (Å²) >= 11 is 0. The molecule has 0 radical (unpaired) electrons. The number of fused-ring (bicyclic) bond motifs is 1. The number of benzene rings is 3. The number of rotatable bonds is 9. The lowest BCUT2D eigenvalue weighted by Gasteiger charge is -2.36. The fraction of sp³-hybridized carbons (Fsp3) is 0.355. The van der Waals surface area contributed by atoms with Crippen molar-refractivity contribution in [2.24, 2.45) is 11.8 Å². The molecule has 5 rings (SSSR count). The monoisotopic (exact) mass is 513 g/mol. The molecule has 3 aromatic carbocycles. The Balaban J connectivity index is 1.22. The van der Waals surface area contributed by atoms with Gasteiger partial charge in [0.25, 0.3) is 0 Å². The Morgan fingerprint density at radius 2 is 1.63 bits per heavy atom. The van der Waals surface area contributed by atoms with Crippen molar-refractivity contribution in [2.45, 2.75) is 32.2 Å². The summed E-state index contributed by atoms with van der Waals surface area (Å²) in [5.41, 5.74) is 4.53. The van der Waals surface area contributed by atoms with Gasteiger partial charge in [-0.25, -0.2) is 0 Å². The number of anilines is 1. The summed E-state index contributed by atoms with van der Waals surface area (Å²) in [6, 6.07) is 22.8. The van der Waals surface area contributed by atoms with Crippen LogP contribution >= 0.6 is 0 Å². The highest BCUT2D eigenvalue weighted by molar-refractivity contribution is 5.93. The van der Waals surface area contributed by atoms with Gasteiger partial charge in [0, 0.05) is 25.3 Å². The third kappa shape index (κ3) is 6.72. The first-order valence-corrected chi connectivity index (χ1v) is 13.4. The quantitative estimate of drug-likeness (QED) is 0.374. The van der Waals surface area contributed by atoms with E-state index in [1.165, 1.54) is 11.1 Å². The molecular weight excluding hydrogens is 478 g/mol. The van der Waals surface area contributed by atoms with Crippen LogP contribution in [0.5, 0.6) is 11.5 Å². The number of aryl methyl sites for hydroxylation is 2. The molecule has 38 heavy (non-hydrogen) atoms. The number of ether oxygens (including phenoxy) is 1. The topological polar surface area (TPSA) is 90.9 Å². The highest BCUT2D eigenvalue weighted by Gasteiger charge is 2.35. The summed E-state index contributed by atoms with van der Waals surface area (Å²) in [4.78, 5) is 28.7. The highest BCUT2D eigenvalue weighted by atomic mass is 16.5. The maximum absolute atomic E-state index is 13.4. The van der Waals surface area contributed by atoms with Crippen LogP contribution in [-0.4, -0.2) is 48.1 Å². The van der Waals surface area contributed by atoms with Crippen molar-refractivity contribution < 1.29 is 19.4 Å². The van der Waals surface area contributed by atoms with Gasteiger partial charge >= 0.3 is 0 Å². The molecule has 1 saturated heterocycles. The Labute approximate surface area is 223 Å². The molecule has 7 nitrogen and oxygen atoms in total. The van der Waals surface area contributed by atoms with E-state index in [1.807, 2.05) is 48.5 Å². The maximum Gasteiger partial charge on any atom is 0.228 e. The largest absolute Gasteiger partial charge is 0.508 e. The van der Waals surface area contributed by atoms with E-state index in [0.29, 0.717) is 39.2 Å². The molecule has 3 aromatic rings. The number of carbonyl (C=O) groups excluding carboxylic acids is 2. The third-order valence-electron chi connectivity index (χ3n) is 7.39. The standard InChI is InChI=1S/C31H35N3O4/c35-28-13-9-22(10-14-28)19-34-20-25(30(36)32-15-16-38-29-7-2-1-3-8-29)17-26(21-34)31(37)33-27-12-11-23-5-4-6-24(23)18-27/h1-3,7-14,18,25-26,35H,4-6,15-17,19-21H2,(H,32,36)(H,33,37)/t25-,26+/m0/s1. The minimum atomic E-state index is -0.314. The number of hydrogen-bond acceptors (Lipinski definition) is 5. The van der Waals surface area contributed by atoms with Gasteiger partial charge in [-0.05, 0) is 78.8 Å². The number of aromatic hydroxyl groups is 1. The second kappa shape index (κ2) is 12.1. The van der Waals surface area contributed by atoms with E-state index < -0.39 is 0 Å². The van der Waals surface area contributed by atoms with Gasteiger partial charge in [-0.15, -0.1) is 0 Å². The molecule has 0 spiro atoms. The molecule has 2 amide bonds. The second-order valence-electron chi connectivity index (χ2n) is 10.3. The fourth-order valence-electron chi connectivity index (χ4n) is 5.46. The molecule has 0 saturated carbocycles. The SMILES string of the molecule is O=C(NCCOc1ccccc1)[C@H]1C[C@@H](C(=O)Nc2ccc3c(c2)CCC3)CN(Cc2ccc(O)cc2)C1. The molecule has 1 aliphatic heterocycles. The molecule has 2 atom stereocenters. The Morgan fingerprint density at radius 1 is 0.895 bits per heavy atom. The number of phenols is 1. The maximum atomic E-state index is 13.4. The normalized spacial score (nSPS) is 18.9. The summed E-state index contributed by atoms with van der Waals surface area (Å²) in [7, 11) is 0. The van der Waals surface area contributed by atoms with Crippen molar-refractivity contribution in [2.75, 3.05) is 31.6 Å². The first-order chi connectivity index (χ1) is 18.5. The molecule has 1 fully saturated rings. The van der Waals surface area contributed by atoms with E-state index in [-0.39, 0.29) is 29.4 Å². The Hall–Kier alpha value is -3.84. The number of likely N-dealkylation sites (tertiary alicyclic amines) is 1. The van der Waals surface area contributed by atoms with Crippen LogP contribution in [0.4, 0.5) is 5.69 Å². The second-order valence-corrected chi connectivity index (χ2v) is 10.3.